The van der Waals surface area contributed by atoms with Crippen LogP contribution in [0.3, 0.4) is 0 Å². The summed E-state index contributed by atoms with van der Waals surface area (Å²) in [6, 6.07) is 22.1. The van der Waals surface area contributed by atoms with Gasteiger partial charge in [0.15, 0.2) is 0 Å². The minimum absolute atomic E-state index is 0.0694. The van der Waals surface area contributed by atoms with Crippen molar-refractivity contribution in [2.24, 2.45) is 21.7 Å². The standard InChI is InChI=1S/C30H31N6/c31-36-15-14-32-19-28(36)29(23-16-25(17-23)33-24-8-4-5-9-24)35-30(36)22-11-10-21-12-13-26(34-27(21)18-22)20-6-2-1-3-7-20/h1-3,6-7,10-15,18-19,23-25,33H,4-5,8-9,16-17,31H2/q+1. The summed E-state index contributed by atoms with van der Waals surface area (Å²) in [6.07, 6.45) is 13.2. The number of quaternary nitrogens is 1. The predicted octanol–water partition coefficient (Wildman–Crippen LogP) is 5.43. The number of aliphatic imine (C=N–C) groups is 2. The van der Waals surface area contributed by atoms with Gasteiger partial charge in [-0.3, -0.25) is 4.99 Å². The van der Waals surface area contributed by atoms with Crippen LogP contribution in [0.15, 0.2) is 94.4 Å². The Bertz CT molecular complexity index is 1440. The monoisotopic (exact) mass is 475 g/mol. The topological polar surface area (TPSA) is 75.7 Å². The number of nitrogens with two attached hydrogens (primary N) is 1. The molecule has 6 heteroatoms. The molecule has 7 rings (SSSR count). The predicted molar refractivity (Wildman–Crippen MR) is 145 cm³/mol. The Balaban J connectivity index is 1.21. The summed E-state index contributed by atoms with van der Waals surface area (Å²) in [5.74, 6) is 8.27. The van der Waals surface area contributed by atoms with Gasteiger partial charge in [-0.2, -0.15) is 10.8 Å². The first kappa shape index (κ1) is 21.8. The first-order valence-corrected chi connectivity index (χ1v) is 13.1. The van der Waals surface area contributed by atoms with Crippen LogP contribution in [0.25, 0.3) is 22.2 Å². The van der Waals surface area contributed by atoms with Crippen molar-refractivity contribution in [3.8, 4) is 11.3 Å². The Hall–Kier alpha value is -3.45. The Morgan fingerprint density at radius 2 is 1.69 bits per heavy atom. The van der Waals surface area contributed by atoms with Gasteiger partial charge in [0.1, 0.15) is 11.9 Å². The molecule has 180 valence electrons. The highest BCUT2D eigenvalue weighted by molar-refractivity contribution is 6.02. The van der Waals surface area contributed by atoms with Gasteiger partial charge in [-0.25, -0.2) is 4.98 Å². The lowest BCUT2D eigenvalue weighted by Crippen LogP contribution is -2.53. The lowest BCUT2D eigenvalue weighted by Gasteiger charge is -2.37. The van der Waals surface area contributed by atoms with E-state index < -0.39 is 0 Å². The van der Waals surface area contributed by atoms with E-state index >= 15 is 0 Å². The van der Waals surface area contributed by atoms with Crippen molar-refractivity contribution in [3.05, 3.63) is 90.0 Å². The number of allylic oxidation sites excluding steroid dienone is 2. The van der Waals surface area contributed by atoms with Crippen LogP contribution in [0.4, 0.5) is 0 Å². The van der Waals surface area contributed by atoms with Gasteiger partial charge in [-0.05, 0) is 43.9 Å². The molecule has 4 aliphatic rings. The molecule has 1 unspecified atom stereocenters. The lowest BCUT2D eigenvalue weighted by molar-refractivity contribution is -0.750. The van der Waals surface area contributed by atoms with E-state index in [0.29, 0.717) is 18.0 Å². The maximum atomic E-state index is 7.01. The van der Waals surface area contributed by atoms with Crippen molar-refractivity contribution >= 4 is 23.0 Å². The first-order chi connectivity index (χ1) is 17.7. The molecule has 2 fully saturated rings. The number of rotatable bonds is 5. The van der Waals surface area contributed by atoms with Gasteiger partial charge in [0, 0.05) is 29.0 Å². The second-order valence-electron chi connectivity index (χ2n) is 10.5. The van der Waals surface area contributed by atoms with Crippen LogP contribution in [0.2, 0.25) is 0 Å². The van der Waals surface area contributed by atoms with Crippen LogP contribution >= 0.6 is 0 Å². The molecule has 2 aromatic carbocycles. The van der Waals surface area contributed by atoms with Crippen molar-refractivity contribution in [2.45, 2.75) is 50.6 Å². The highest BCUT2D eigenvalue weighted by Gasteiger charge is 2.48. The van der Waals surface area contributed by atoms with E-state index in [0.717, 1.165) is 57.8 Å². The lowest BCUT2D eigenvalue weighted by atomic mass is 9.77. The summed E-state index contributed by atoms with van der Waals surface area (Å²) in [6.45, 7) is 0. The molecule has 36 heavy (non-hydrogen) atoms. The molecule has 3 N–H and O–H groups in total. The van der Waals surface area contributed by atoms with Gasteiger partial charge in [0.2, 0.25) is 5.70 Å². The number of hydrogen-bond donors (Lipinski definition) is 2. The molecular formula is C30H31N6+. The molecule has 0 saturated heterocycles. The largest absolute Gasteiger partial charge is 0.311 e. The molecule has 6 nitrogen and oxygen atoms in total. The molecule has 2 saturated carbocycles. The van der Waals surface area contributed by atoms with Crippen LogP contribution in [0, 0.1) is 5.92 Å². The molecule has 3 heterocycles. The average Bonchev–Trinajstić information content (AvgIpc) is 3.51. The number of aromatic nitrogens is 1. The van der Waals surface area contributed by atoms with Gasteiger partial charge < -0.3 is 5.32 Å². The van der Waals surface area contributed by atoms with Gasteiger partial charge in [-0.15, -0.1) is 4.59 Å². The molecular weight excluding hydrogens is 444 g/mol. The third-order valence-corrected chi connectivity index (χ3v) is 8.19. The zero-order valence-electron chi connectivity index (χ0n) is 20.3. The van der Waals surface area contributed by atoms with E-state index in [4.69, 9.17) is 15.8 Å². The quantitative estimate of drug-likeness (QED) is 0.382. The van der Waals surface area contributed by atoms with Gasteiger partial charge >= 0.3 is 0 Å². The minimum Gasteiger partial charge on any atom is -0.311 e. The summed E-state index contributed by atoms with van der Waals surface area (Å²) >= 11 is 0. The highest BCUT2D eigenvalue weighted by Crippen LogP contribution is 2.43. The van der Waals surface area contributed by atoms with Gasteiger partial charge in [-0.1, -0.05) is 55.3 Å². The number of nitrogens with one attached hydrogen (secondary N) is 1. The maximum Gasteiger partial charge on any atom is 0.264 e. The molecule has 0 spiro atoms. The fourth-order valence-electron chi connectivity index (χ4n) is 6.14. The van der Waals surface area contributed by atoms with Crippen molar-refractivity contribution in [2.75, 3.05) is 0 Å². The molecule has 0 bridgehead atoms. The molecule has 0 radical (unpaired) electrons. The summed E-state index contributed by atoms with van der Waals surface area (Å²) in [5.41, 5.74) is 6.09. The zero-order chi connectivity index (χ0) is 24.1. The Kier molecular flexibility index (Phi) is 5.20. The second kappa shape index (κ2) is 8.59. The third kappa shape index (κ3) is 3.64. The van der Waals surface area contributed by atoms with Crippen molar-refractivity contribution in [1.29, 1.82) is 0 Å². The van der Waals surface area contributed by atoms with Crippen molar-refractivity contribution < 1.29 is 4.59 Å². The smallest absolute Gasteiger partial charge is 0.264 e. The Morgan fingerprint density at radius 3 is 2.53 bits per heavy atom. The van der Waals surface area contributed by atoms with E-state index in [2.05, 4.69) is 52.8 Å². The summed E-state index contributed by atoms with van der Waals surface area (Å²) in [5, 5.41) is 4.97. The Morgan fingerprint density at radius 1 is 0.889 bits per heavy atom. The van der Waals surface area contributed by atoms with E-state index in [1.54, 1.807) is 6.20 Å². The number of amidine groups is 1. The van der Waals surface area contributed by atoms with Crippen LogP contribution in [0.5, 0.6) is 0 Å². The highest BCUT2D eigenvalue weighted by atomic mass is 15.6. The number of benzene rings is 2. The maximum absolute atomic E-state index is 7.01. The summed E-state index contributed by atoms with van der Waals surface area (Å²) in [4.78, 5) is 14.6. The number of nitrogens with zero attached hydrogens (tertiary/aromatic N) is 4. The SMILES string of the molecule is N[N+]12C=CN=CC1=C(C1CC(NC3CCCC3)C1)N=C2c1ccc2ccc(-c3ccccc3)nc2c1. The molecule has 2 aliphatic carbocycles. The third-order valence-electron chi connectivity index (χ3n) is 8.19. The van der Waals surface area contributed by atoms with Crippen LogP contribution < -0.4 is 11.2 Å². The Labute approximate surface area is 211 Å². The molecule has 1 atom stereocenters. The summed E-state index contributed by atoms with van der Waals surface area (Å²) in [7, 11) is 0. The molecule has 2 aliphatic heterocycles. The fraction of sp³-hybridized carbons (Fsp3) is 0.300. The zero-order valence-corrected chi connectivity index (χ0v) is 20.3. The molecule has 0 amide bonds. The van der Waals surface area contributed by atoms with E-state index in [-0.39, 0.29) is 4.59 Å². The fourth-order valence-corrected chi connectivity index (χ4v) is 6.14. The second-order valence-corrected chi connectivity index (χ2v) is 10.5. The normalized spacial score (nSPS) is 27.4. The number of fused-ring (bicyclic) bond motifs is 2. The van der Waals surface area contributed by atoms with E-state index in [9.17, 15) is 0 Å². The van der Waals surface area contributed by atoms with Crippen molar-refractivity contribution in [1.82, 2.24) is 10.3 Å². The van der Waals surface area contributed by atoms with E-state index in [1.807, 2.05) is 30.6 Å². The average molecular weight is 476 g/mol. The molecule has 3 aromatic rings. The van der Waals surface area contributed by atoms with Crippen LogP contribution in [-0.2, 0) is 0 Å². The minimum atomic E-state index is 0.0694. The summed E-state index contributed by atoms with van der Waals surface area (Å²) < 4.78 is 0.0694. The van der Waals surface area contributed by atoms with E-state index in [1.165, 1.54) is 25.7 Å². The van der Waals surface area contributed by atoms with Crippen LogP contribution in [0.1, 0.15) is 44.1 Å². The van der Waals surface area contributed by atoms with Crippen molar-refractivity contribution in [3.63, 3.8) is 0 Å². The van der Waals surface area contributed by atoms with Gasteiger partial charge in [0.25, 0.3) is 5.84 Å². The molecule has 1 aromatic heterocycles. The van der Waals surface area contributed by atoms with Gasteiger partial charge in [0.05, 0.1) is 29.2 Å². The van der Waals surface area contributed by atoms with Crippen LogP contribution in [-0.4, -0.2) is 33.7 Å². The number of pyridine rings is 1. The first-order valence-electron chi connectivity index (χ1n) is 13.1. The number of hydrogen-bond acceptors (Lipinski definition) is 5.